The summed E-state index contributed by atoms with van der Waals surface area (Å²) in [6.45, 7) is 2.09. The zero-order valence-electron chi connectivity index (χ0n) is 9.35. The quantitative estimate of drug-likeness (QED) is 0.207. The first-order chi connectivity index (χ1) is 7.45. The molecule has 0 rings (SSSR count). The minimum Gasteiger partial charge on any atom is -0.506 e. The number of hydrogen-bond donors (Lipinski definition) is 5. The van der Waals surface area contributed by atoms with Crippen LogP contribution >= 0.6 is 0 Å². The summed E-state index contributed by atoms with van der Waals surface area (Å²) in [5, 5.41) is 25.5. The van der Waals surface area contributed by atoms with E-state index in [-0.39, 0.29) is 5.76 Å². The van der Waals surface area contributed by atoms with Gasteiger partial charge in [-0.15, -0.1) is 0 Å². The van der Waals surface area contributed by atoms with E-state index in [1.54, 1.807) is 0 Å². The zero-order valence-corrected chi connectivity index (χ0v) is 9.35. The number of hydrogen-bond acceptors (Lipinski definition) is 5. The second-order valence-corrected chi connectivity index (χ2v) is 3.06. The lowest BCUT2D eigenvalue weighted by Crippen LogP contribution is -2.18. The van der Waals surface area contributed by atoms with E-state index < -0.39 is 12.0 Å². The van der Waals surface area contributed by atoms with Crippen LogP contribution in [0.3, 0.4) is 0 Å². The van der Waals surface area contributed by atoms with E-state index in [0.29, 0.717) is 6.42 Å². The number of carbonyl (C=O) groups is 1. The van der Waals surface area contributed by atoms with Gasteiger partial charge in [0.1, 0.15) is 0 Å². The molecule has 96 valence electrons. The predicted molar refractivity (Wildman–Crippen MR) is 58.5 cm³/mol. The average molecular weight is 236 g/mol. The van der Waals surface area contributed by atoms with Gasteiger partial charge in [-0.05, 0) is 6.42 Å². The maximum atomic E-state index is 9.00. The molecule has 2 amide bonds. The third-order valence-corrected chi connectivity index (χ3v) is 1.60. The molecule has 0 saturated heterocycles. The van der Waals surface area contributed by atoms with Crippen LogP contribution in [0.1, 0.15) is 39.0 Å². The van der Waals surface area contributed by atoms with Gasteiger partial charge in [-0.2, -0.15) is 5.26 Å². The molecule has 7 nitrogen and oxygen atoms in total. The normalized spacial score (nSPS) is 10.9. The monoisotopic (exact) mass is 236 g/mol. The Bertz CT molecular complexity index is 214. The number of aliphatic hydroxyl groups is 2. The molecule has 0 aromatic carbocycles. The van der Waals surface area contributed by atoms with Gasteiger partial charge >= 0.3 is 12.0 Å². The summed E-state index contributed by atoms with van der Waals surface area (Å²) >= 11 is 0. The van der Waals surface area contributed by atoms with Crippen molar-refractivity contribution in [3.05, 3.63) is 11.7 Å². The fourth-order valence-electron chi connectivity index (χ4n) is 0.879. The Labute approximate surface area is 94.2 Å². The number of urea groups is 1. The lowest BCUT2D eigenvalue weighted by molar-refractivity contribution is -0.239. The van der Waals surface area contributed by atoms with Crippen molar-refractivity contribution in [1.29, 1.82) is 0 Å². The Hall–Kier alpha value is -1.63. The molecule has 16 heavy (non-hydrogen) atoms. The third kappa shape index (κ3) is 14.9. The van der Waals surface area contributed by atoms with Crippen LogP contribution in [-0.4, -0.2) is 21.5 Å². The van der Waals surface area contributed by atoms with Crippen molar-refractivity contribution in [2.24, 2.45) is 11.5 Å². The van der Waals surface area contributed by atoms with Crippen LogP contribution in [0.4, 0.5) is 4.79 Å². The standard InChI is InChI=1S/C8H16O4.CH4N2O/c1-2-3-4-5-6-7(9)8(10)12-11;2-1(3)4/h9-11H,2-6H2,1H3;(H4,2,3,4). The number of primary amides is 2. The molecule has 0 fully saturated rings. The minimum absolute atomic E-state index is 0.298. The first kappa shape index (κ1) is 16.8. The molecule has 0 atom stereocenters. The van der Waals surface area contributed by atoms with Gasteiger partial charge in [0.2, 0.25) is 0 Å². The summed E-state index contributed by atoms with van der Waals surface area (Å²) in [5.41, 5.74) is 8.50. The lowest BCUT2D eigenvalue weighted by Gasteiger charge is -2.00. The van der Waals surface area contributed by atoms with E-state index in [4.69, 9.17) is 20.3 Å². The number of allylic oxidation sites excluding steroid dienone is 1. The van der Waals surface area contributed by atoms with Crippen LogP contribution in [0, 0.1) is 0 Å². The average Bonchev–Trinajstić information content (AvgIpc) is 2.22. The van der Waals surface area contributed by atoms with Crippen molar-refractivity contribution in [1.82, 2.24) is 0 Å². The van der Waals surface area contributed by atoms with Gasteiger partial charge in [-0.3, -0.25) is 4.89 Å². The maximum Gasteiger partial charge on any atom is 0.352 e. The Balaban J connectivity index is 0. The molecule has 7 N–H and O–H groups in total. The molecule has 0 aromatic heterocycles. The first-order valence-corrected chi connectivity index (χ1v) is 4.93. The second-order valence-electron chi connectivity index (χ2n) is 3.06. The Kier molecular flexibility index (Phi) is 12.0. The van der Waals surface area contributed by atoms with Gasteiger partial charge in [0, 0.05) is 6.42 Å². The summed E-state index contributed by atoms with van der Waals surface area (Å²) in [7, 11) is 0. The van der Waals surface area contributed by atoms with Crippen LogP contribution in [0.2, 0.25) is 0 Å². The number of nitrogens with two attached hydrogens (primary N) is 2. The molecule has 0 bridgehead atoms. The van der Waals surface area contributed by atoms with E-state index in [1.165, 1.54) is 0 Å². The highest BCUT2D eigenvalue weighted by atomic mass is 17.1. The third-order valence-electron chi connectivity index (χ3n) is 1.60. The molecular formula is C9H20N2O5. The largest absolute Gasteiger partial charge is 0.506 e. The SMILES string of the molecule is CCCCCCC(O)=C(O)OO.NC(N)=O. The number of amides is 2. The van der Waals surface area contributed by atoms with Crippen LogP contribution in [0.5, 0.6) is 0 Å². The topological polar surface area (TPSA) is 139 Å². The highest BCUT2D eigenvalue weighted by molar-refractivity contribution is 5.69. The molecule has 0 saturated carbocycles. The van der Waals surface area contributed by atoms with E-state index in [2.05, 4.69) is 23.3 Å². The van der Waals surface area contributed by atoms with E-state index >= 15 is 0 Å². The maximum absolute atomic E-state index is 9.00. The molecule has 0 aliphatic heterocycles. The van der Waals surface area contributed by atoms with Gasteiger partial charge in [-0.25, -0.2) is 4.79 Å². The van der Waals surface area contributed by atoms with Crippen LogP contribution < -0.4 is 11.5 Å². The first-order valence-electron chi connectivity index (χ1n) is 4.93. The summed E-state index contributed by atoms with van der Waals surface area (Å²) in [6, 6.07) is -0.833. The van der Waals surface area contributed by atoms with Crippen molar-refractivity contribution >= 4 is 6.03 Å². The van der Waals surface area contributed by atoms with Gasteiger partial charge in [0.25, 0.3) is 0 Å². The van der Waals surface area contributed by atoms with Crippen molar-refractivity contribution in [3.63, 3.8) is 0 Å². The summed E-state index contributed by atoms with van der Waals surface area (Å²) < 4.78 is 0. The number of rotatable bonds is 6. The minimum atomic E-state index is -0.833. The molecule has 7 heteroatoms. The van der Waals surface area contributed by atoms with E-state index in [9.17, 15) is 0 Å². The Morgan fingerprint density at radius 1 is 1.19 bits per heavy atom. The van der Waals surface area contributed by atoms with Gasteiger partial charge < -0.3 is 21.7 Å². The molecule has 0 aliphatic rings. The van der Waals surface area contributed by atoms with E-state index in [1.807, 2.05) is 0 Å². The van der Waals surface area contributed by atoms with Crippen LogP contribution in [0.25, 0.3) is 0 Å². The summed E-state index contributed by atoms with van der Waals surface area (Å²) in [4.78, 5) is 12.5. The Morgan fingerprint density at radius 3 is 2.06 bits per heavy atom. The number of carbonyl (C=O) groups excluding carboxylic acids is 1. The Morgan fingerprint density at radius 2 is 1.69 bits per heavy atom. The zero-order chi connectivity index (χ0) is 13.0. The molecular weight excluding hydrogens is 216 g/mol. The number of aliphatic hydroxyl groups excluding tert-OH is 2. The van der Waals surface area contributed by atoms with Crippen LogP contribution in [-0.2, 0) is 4.89 Å². The second kappa shape index (κ2) is 11.4. The molecule has 0 radical (unpaired) electrons. The molecule has 0 spiro atoms. The van der Waals surface area contributed by atoms with Gasteiger partial charge in [0.15, 0.2) is 5.76 Å². The molecule has 0 heterocycles. The summed E-state index contributed by atoms with van der Waals surface area (Å²) in [5.74, 6) is -1.10. The fourth-order valence-corrected chi connectivity index (χ4v) is 0.879. The molecule has 0 aliphatic carbocycles. The highest BCUT2D eigenvalue weighted by Crippen LogP contribution is 2.10. The number of unbranched alkanes of at least 4 members (excludes halogenated alkanes) is 3. The van der Waals surface area contributed by atoms with Crippen molar-refractivity contribution < 1.29 is 25.2 Å². The van der Waals surface area contributed by atoms with Crippen LogP contribution in [0.15, 0.2) is 11.7 Å². The van der Waals surface area contributed by atoms with Gasteiger partial charge in [-0.1, -0.05) is 26.2 Å². The molecule has 0 unspecified atom stereocenters. The van der Waals surface area contributed by atoms with E-state index in [0.717, 1.165) is 25.7 Å². The highest BCUT2D eigenvalue weighted by Gasteiger charge is 2.03. The summed E-state index contributed by atoms with van der Waals surface area (Å²) in [6.07, 6.45) is 4.35. The smallest absolute Gasteiger partial charge is 0.352 e. The lowest BCUT2D eigenvalue weighted by atomic mass is 10.1. The van der Waals surface area contributed by atoms with Gasteiger partial charge in [0.05, 0.1) is 0 Å². The van der Waals surface area contributed by atoms with Crippen molar-refractivity contribution in [2.75, 3.05) is 0 Å². The van der Waals surface area contributed by atoms with Crippen molar-refractivity contribution in [2.45, 2.75) is 39.0 Å². The van der Waals surface area contributed by atoms with Crippen molar-refractivity contribution in [3.8, 4) is 0 Å². The fraction of sp³-hybridized carbons (Fsp3) is 0.667. The predicted octanol–water partition coefficient (Wildman–Crippen LogP) is 1.76. The molecule has 0 aromatic rings.